The molecule has 2 amide bonds. The summed E-state index contributed by atoms with van der Waals surface area (Å²) in [6, 6.07) is 3.60. The first-order valence-electron chi connectivity index (χ1n) is 11.7. The first-order valence-corrected chi connectivity index (χ1v) is 13.1. The number of aryl methyl sites for hydroxylation is 1. The molecule has 0 bridgehead atoms. The second kappa shape index (κ2) is 11.2. The molecule has 2 fully saturated rings. The van der Waals surface area contributed by atoms with Crippen molar-refractivity contribution in [3.05, 3.63) is 29.6 Å². The largest absolute Gasteiger partial charge is 0.348 e. The van der Waals surface area contributed by atoms with Crippen LogP contribution in [0.25, 0.3) is 0 Å². The molecule has 1 saturated heterocycles. The first-order chi connectivity index (χ1) is 15.3. The Morgan fingerprint density at radius 3 is 2.41 bits per heavy atom. The van der Waals surface area contributed by atoms with Crippen LogP contribution >= 0.6 is 0 Å². The molecule has 1 saturated carbocycles. The number of carbonyl (C=O) groups excluding carboxylic acids is 2. The van der Waals surface area contributed by atoms with E-state index in [4.69, 9.17) is 0 Å². The zero-order valence-electron chi connectivity index (χ0n) is 18.7. The van der Waals surface area contributed by atoms with E-state index in [-0.39, 0.29) is 29.1 Å². The van der Waals surface area contributed by atoms with E-state index in [0.29, 0.717) is 19.4 Å². The molecule has 2 aliphatic rings. The van der Waals surface area contributed by atoms with Gasteiger partial charge in [0.05, 0.1) is 4.90 Å². The first kappa shape index (κ1) is 24.6. The van der Waals surface area contributed by atoms with Gasteiger partial charge in [0.25, 0.3) is 0 Å². The maximum atomic E-state index is 13.6. The van der Waals surface area contributed by atoms with Gasteiger partial charge in [-0.15, -0.1) is 0 Å². The summed E-state index contributed by atoms with van der Waals surface area (Å²) in [6.45, 7) is 2.15. The van der Waals surface area contributed by atoms with Gasteiger partial charge in [0, 0.05) is 25.2 Å². The van der Waals surface area contributed by atoms with Crippen LogP contribution in [-0.2, 0) is 19.6 Å². The fourth-order valence-corrected chi connectivity index (χ4v) is 6.41. The standard InChI is InChI=1S/C23H34FN3O4S/c1-17-16-20(11-12-21(17)24)32(30,31)27-15-7-6-10-19(27)13-14-25-22(28)23(29)26-18-8-4-2-3-5-9-18/h11-12,16,18-19H,2-10,13-15H2,1H3,(H,25,28)(H,26,29)/t19-/m0/s1. The number of rotatable bonds is 6. The molecule has 2 N–H and O–H groups in total. The van der Waals surface area contributed by atoms with Crippen molar-refractivity contribution in [3.63, 3.8) is 0 Å². The maximum absolute atomic E-state index is 13.6. The minimum atomic E-state index is -3.77. The van der Waals surface area contributed by atoms with Crippen molar-refractivity contribution < 1.29 is 22.4 Å². The zero-order valence-corrected chi connectivity index (χ0v) is 19.6. The minimum absolute atomic E-state index is 0.0499. The number of amides is 2. The molecule has 7 nitrogen and oxygen atoms in total. The highest BCUT2D eigenvalue weighted by molar-refractivity contribution is 7.89. The molecule has 1 aliphatic heterocycles. The number of benzene rings is 1. The summed E-state index contributed by atoms with van der Waals surface area (Å²) in [5.74, 6) is -1.73. The molecular formula is C23H34FN3O4S. The van der Waals surface area contributed by atoms with E-state index in [0.717, 1.165) is 51.4 Å². The van der Waals surface area contributed by atoms with E-state index in [9.17, 15) is 22.4 Å². The molecule has 1 aromatic carbocycles. The molecule has 1 aromatic rings. The molecule has 32 heavy (non-hydrogen) atoms. The van der Waals surface area contributed by atoms with Crippen molar-refractivity contribution in [2.75, 3.05) is 13.1 Å². The van der Waals surface area contributed by atoms with E-state index in [1.54, 1.807) is 0 Å². The summed E-state index contributed by atoms with van der Waals surface area (Å²) >= 11 is 0. The van der Waals surface area contributed by atoms with Gasteiger partial charge in [0.1, 0.15) is 5.82 Å². The fourth-order valence-electron chi connectivity index (χ4n) is 4.60. The molecule has 0 radical (unpaired) electrons. The summed E-state index contributed by atoms with van der Waals surface area (Å²) in [7, 11) is -3.77. The van der Waals surface area contributed by atoms with Crippen LogP contribution in [0.1, 0.15) is 69.8 Å². The second-order valence-corrected chi connectivity index (χ2v) is 10.8. The summed E-state index contributed by atoms with van der Waals surface area (Å²) in [5, 5.41) is 5.46. The van der Waals surface area contributed by atoms with Gasteiger partial charge in [-0.05, 0) is 62.8 Å². The molecule has 0 unspecified atom stereocenters. The molecule has 3 rings (SSSR count). The van der Waals surface area contributed by atoms with Crippen LogP contribution in [0.4, 0.5) is 4.39 Å². The van der Waals surface area contributed by atoms with Crippen LogP contribution < -0.4 is 10.6 Å². The van der Waals surface area contributed by atoms with E-state index in [2.05, 4.69) is 10.6 Å². The topological polar surface area (TPSA) is 95.6 Å². The summed E-state index contributed by atoms with van der Waals surface area (Å²) in [5.41, 5.74) is 0.284. The lowest BCUT2D eigenvalue weighted by atomic mass is 10.0. The van der Waals surface area contributed by atoms with E-state index in [1.807, 2.05) is 0 Å². The molecule has 1 atom stereocenters. The van der Waals surface area contributed by atoms with Gasteiger partial charge < -0.3 is 10.6 Å². The normalized spacial score (nSPS) is 21.0. The molecule has 178 valence electrons. The van der Waals surface area contributed by atoms with Crippen molar-refractivity contribution in [1.82, 2.24) is 14.9 Å². The van der Waals surface area contributed by atoms with Crippen LogP contribution in [0.5, 0.6) is 0 Å². The molecule has 1 aliphatic carbocycles. The lowest BCUT2D eigenvalue weighted by molar-refractivity contribution is -0.139. The Balaban J connectivity index is 1.55. The molecular weight excluding hydrogens is 433 g/mol. The monoisotopic (exact) mass is 467 g/mol. The molecule has 0 spiro atoms. The van der Waals surface area contributed by atoms with Crippen LogP contribution in [0, 0.1) is 12.7 Å². The van der Waals surface area contributed by atoms with Gasteiger partial charge >= 0.3 is 11.8 Å². The third-order valence-corrected chi connectivity index (χ3v) is 8.42. The Bertz CT molecular complexity index is 914. The van der Waals surface area contributed by atoms with Crippen LogP contribution in [0.3, 0.4) is 0 Å². The predicted octanol–water partition coefficient (Wildman–Crippen LogP) is 3.02. The van der Waals surface area contributed by atoms with Gasteiger partial charge in [0.2, 0.25) is 10.0 Å². The molecule has 9 heteroatoms. The van der Waals surface area contributed by atoms with Gasteiger partial charge in [-0.1, -0.05) is 32.1 Å². The average Bonchev–Trinajstić information content (AvgIpc) is 3.04. The lowest BCUT2D eigenvalue weighted by Gasteiger charge is -2.34. The number of piperidine rings is 1. The van der Waals surface area contributed by atoms with Crippen molar-refractivity contribution in [2.24, 2.45) is 0 Å². The summed E-state index contributed by atoms with van der Waals surface area (Å²) < 4.78 is 41.4. The Labute approximate surface area is 190 Å². The number of hydrogen-bond donors (Lipinski definition) is 2. The number of nitrogens with one attached hydrogen (secondary N) is 2. The molecule has 1 heterocycles. The predicted molar refractivity (Wildman–Crippen MR) is 120 cm³/mol. The summed E-state index contributed by atoms with van der Waals surface area (Å²) in [4.78, 5) is 24.5. The highest BCUT2D eigenvalue weighted by atomic mass is 32.2. The van der Waals surface area contributed by atoms with Crippen molar-refractivity contribution in [3.8, 4) is 0 Å². The van der Waals surface area contributed by atoms with Gasteiger partial charge in [0.15, 0.2) is 0 Å². The number of sulfonamides is 1. The van der Waals surface area contributed by atoms with Crippen LogP contribution in [0.2, 0.25) is 0 Å². The van der Waals surface area contributed by atoms with Crippen LogP contribution in [0.15, 0.2) is 23.1 Å². The minimum Gasteiger partial charge on any atom is -0.348 e. The number of hydrogen-bond acceptors (Lipinski definition) is 4. The fraction of sp³-hybridized carbons (Fsp3) is 0.652. The maximum Gasteiger partial charge on any atom is 0.309 e. The Morgan fingerprint density at radius 1 is 1.03 bits per heavy atom. The third kappa shape index (κ3) is 6.28. The zero-order chi connectivity index (χ0) is 23.1. The Morgan fingerprint density at radius 2 is 1.72 bits per heavy atom. The SMILES string of the molecule is Cc1cc(S(=O)(=O)N2CCCC[C@H]2CCNC(=O)C(=O)NC2CCCCCC2)ccc1F. The van der Waals surface area contributed by atoms with E-state index >= 15 is 0 Å². The number of nitrogens with zero attached hydrogens (tertiary/aromatic N) is 1. The van der Waals surface area contributed by atoms with Gasteiger partial charge in [-0.2, -0.15) is 4.31 Å². The third-order valence-electron chi connectivity index (χ3n) is 6.47. The van der Waals surface area contributed by atoms with Crippen molar-refractivity contribution in [2.45, 2.75) is 88.1 Å². The quantitative estimate of drug-likeness (QED) is 0.497. The Hall–Kier alpha value is -2.00. The molecule has 0 aromatic heterocycles. The highest BCUT2D eigenvalue weighted by Crippen LogP contribution is 2.27. The second-order valence-electron chi connectivity index (χ2n) is 8.88. The number of halogens is 1. The summed E-state index contributed by atoms with van der Waals surface area (Å²) in [6.07, 6.45) is 9.01. The van der Waals surface area contributed by atoms with Gasteiger partial charge in [-0.25, -0.2) is 12.8 Å². The van der Waals surface area contributed by atoms with Gasteiger partial charge in [-0.3, -0.25) is 9.59 Å². The van der Waals surface area contributed by atoms with Crippen molar-refractivity contribution >= 4 is 21.8 Å². The lowest BCUT2D eigenvalue weighted by Crippen LogP contribution is -2.47. The Kier molecular flexibility index (Phi) is 8.64. The number of carbonyl (C=O) groups is 2. The average molecular weight is 468 g/mol. The van der Waals surface area contributed by atoms with E-state index in [1.165, 1.54) is 29.4 Å². The smallest absolute Gasteiger partial charge is 0.309 e. The van der Waals surface area contributed by atoms with Crippen molar-refractivity contribution in [1.29, 1.82) is 0 Å². The van der Waals surface area contributed by atoms with Crippen LogP contribution in [-0.4, -0.2) is 49.7 Å². The van der Waals surface area contributed by atoms with E-state index < -0.39 is 27.7 Å². The highest BCUT2D eigenvalue weighted by Gasteiger charge is 2.33.